The molecule has 0 aliphatic carbocycles. The van der Waals surface area contributed by atoms with Gasteiger partial charge in [0.25, 0.3) is 0 Å². The lowest BCUT2D eigenvalue weighted by Crippen LogP contribution is -2.43. The zero-order valence-corrected chi connectivity index (χ0v) is 9.63. The van der Waals surface area contributed by atoms with E-state index in [2.05, 4.69) is 0 Å². The summed E-state index contributed by atoms with van der Waals surface area (Å²) in [5, 5.41) is 8.99. The van der Waals surface area contributed by atoms with Crippen molar-refractivity contribution in [3.63, 3.8) is 0 Å². The summed E-state index contributed by atoms with van der Waals surface area (Å²) >= 11 is 0. The molecule has 0 radical (unpaired) electrons. The van der Waals surface area contributed by atoms with Crippen LogP contribution in [0.2, 0.25) is 0 Å². The Morgan fingerprint density at radius 1 is 1.65 bits per heavy atom. The van der Waals surface area contributed by atoms with E-state index in [1.807, 2.05) is 6.92 Å². The van der Waals surface area contributed by atoms with E-state index < -0.39 is 11.9 Å². The van der Waals surface area contributed by atoms with Gasteiger partial charge in [0.05, 0.1) is 18.2 Å². The highest BCUT2D eigenvalue weighted by molar-refractivity contribution is 5.80. The molecule has 2 atom stereocenters. The number of amides is 1. The van der Waals surface area contributed by atoms with Crippen LogP contribution in [0.25, 0.3) is 0 Å². The summed E-state index contributed by atoms with van der Waals surface area (Å²) < 4.78 is 5.25. The van der Waals surface area contributed by atoms with Crippen molar-refractivity contribution < 1.29 is 19.1 Å². The summed E-state index contributed by atoms with van der Waals surface area (Å²) in [4.78, 5) is 24.3. The molecule has 0 aromatic carbocycles. The number of carbonyl (C=O) groups is 2. The van der Waals surface area contributed by atoms with Gasteiger partial charge < -0.3 is 14.4 Å². The Morgan fingerprint density at radius 2 is 2.41 bits per heavy atom. The first-order chi connectivity index (χ1) is 8.09. The van der Waals surface area contributed by atoms with Crippen molar-refractivity contribution in [1.29, 1.82) is 0 Å². The van der Waals surface area contributed by atoms with Crippen LogP contribution in [0.15, 0.2) is 22.8 Å². The minimum Gasteiger partial charge on any atom is -0.481 e. The van der Waals surface area contributed by atoms with Crippen molar-refractivity contribution in [2.24, 2.45) is 5.92 Å². The molecule has 1 N–H and O–H groups in total. The molecular formula is C12H15NO4. The molecule has 2 heterocycles. The predicted molar refractivity (Wildman–Crippen MR) is 59.2 cm³/mol. The smallest absolute Gasteiger partial charge is 0.308 e. The van der Waals surface area contributed by atoms with Crippen LogP contribution >= 0.6 is 0 Å². The molecule has 1 fully saturated rings. The molecule has 1 saturated heterocycles. The maximum absolute atomic E-state index is 11.8. The molecule has 0 saturated carbocycles. The minimum atomic E-state index is -0.839. The standard InChI is InChI=1S/C12H15NO4/c1-8(10-3-2-6-17-10)13-7-9(12(15)16)4-5-11(13)14/h2-3,6,8-9H,4-5,7H2,1H3,(H,15,16). The number of nitrogens with zero attached hydrogens (tertiary/aromatic N) is 1. The molecule has 1 aliphatic rings. The second kappa shape index (κ2) is 4.61. The molecule has 1 aromatic heterocycles. The van der Waals surface area contributed by atoms with Gasteiger partial charge in [-0.05, 0) is 25.5 Å². The van der Waals surface area contributed by atoms with Crippen LogP contribution in [0.4, 0.5) is 0 Å². The van der Waals surface area contributed by atoms with Crippen molar-refractivity contribution >= 4 is 11.9 Å². The van der Waals surface area contributed by atoms with Crippen molar-refractivity contribution in [3.8, 4) is 0 Å². The number of likely N-dealkylation sites (tertiary alicyclic amines) is 1. The number of carbonyl (C=O) groups excluding carboxylic acids is 1. The van der Waals surface area contributed by atoms with Crippen molar-refractivity contribution in [2.75, 3.05) is 6.54 Å². The fourth-order valence-electron chi connectivity index (χ4n) is 2.13. The van der Waals surface area contributed by atoms with E-state index in [4.69, 9.17) is 9.52 Å². The number of hydrogen-bond acceptors (Lipinski definition) is 3. The van der Waals surface area contributed by atoms with E-state index in [9.17, 15) is 9.59 Å². The number of hydrogen-bond donors (Lipinski definition) is 1. The van der Waals surface area contributed by atoms with E-state index in [1.165, 1.54) is 0 Å². The Labute approximate surface area is 99.0 Å². The maximum Gasteiger partial charge on any atom is 0.308 e. The third kappa shape index (κ3) is 2.33. The van der Waals surface area contributed by atoms with Crippen LogP contribution in [0, 0.1) is 5.92 Å². The van der Waals surface area contributed by atoms with E-state index in [0.717, 1.165) is 0 Å². The van der Waals surface area contributed by atoms with Crippen molar-refractivity contribution in [1.82, 2.24) is 4.90 Å². The SMILES string of the molecule is CC(c1ccco1)N1CC(C(=O)O)CCC1=O. The molecule has 1 amide bonds. The van der Waals surface area contributed by atoms with Gasteiger partial charge in [-0.15, -0.1) is 0 Å². The lowest BCUT2D eigenvalue weighted by Gasteiger charge is -2.34. The molecule has 0 spiro atoms. The Morgan fingerprint density at radius 3 is 3.00 bits per heavy atom. The van der Waals surface area contributed by atoms with Crippen molar-refractivity contribution in [3.05, 3.63) is 24.2 Å². The van der Waals surface area contributed by atoms with Crippen LogP contribution in [0.1, 0.15) is 31.6 Å². The largest absolute Gasteiger partial charge is 0.481 e. The molecular weight excluding hydrogens is 222 g/mol. The molecule has 5 heteroatoms. The Balaban J connectivity index is 2.12. The number of furan rings is 1. The van der Waals surface area contributed by atoms with Gasteiger partial charge in [0.15, 0.2) is 0 Å². The molecule has 5 nitrogen and oxygen atoms in total. The lowest BCUT2D eigenvalue weighted by molar-refractivity contribution is -0.148. The summed E-state index contributed by atoms with van der Waals surface area (Å²) in [5.41, 5.74) is 0. The van der Waals surface area contributed by atoms with E-state index in [0.29, 0.717) is 18.6 Å². The summed E-state index contributed by atoms with van der Waals surface area (Å²) in [5.74, 6) is -0.630. The van der Waals surface area contributed by atoms with Crippen molar-refractivity contribution in [2.45, 2.75) is 25.8 Å². The maximum atomic E-state index is 11.8. The quantitative estimate of drug-likeness (QED) is 0.867. The Hall–Kier alpha value is -1.78. The molecule has 2 rings (SSSR count). The van der Waals surface area contributed by atoms with Gasteiger partial charge in [-0.2, -0.15) is 0 Å². The van der Waals surface area contributed by atoms with Crippen LogP contribution < -0.4 is 0 Å². The fraction of sp³-hybridized carbons (Fsp3) is 0.500. The van der Waals surface area contributed by atoms with Crippen LogP contribution in [-0.4, -0.2) is 28.4 Å². The monoisotopic (exact) mass is 237 g/mol. The highest BCUT2D eigenvalue weighted by atomic mass is 16.4. The molecule has 1 aromatic rings. The fourth-order valence-corrected chi connectivity index (χ4v) is 2.13. The summed E-state index contributed by atoms with van der Waals surface area (Å²) in [6.45, 7) is 2.11. The van der Waals surface area contributed by atoms with Gasteiger partial charge in [0.2, 0.25) is 5.91 Å². The van der Waals surface area contributed by atoms with Gasteiger partial charge in [-0.3, -0.25) is 9.59 Å². The normalized spacial score (nSPS) is 22.5. The highest BCUT2D eigenvalue weighted by Crippen LogP contribution is 2.27. The second-order valence-corrected chi connectivity index (χ2v) is 4.31. The average Bonchev–Trinajstić information content (AvgIpc) is 2.81. The van der Waals surface area contributed by atoms with Gasteiger partial charge in [0, 0.05) is 13.0 Å². The number of carboxylic acid groups (broad SMARTS) is 1. The summed E-state index contributed by atoms with van der Waals surface area (Å²) in [6.07, 6.45) is 2.27. The third-order valence-electron chi connectivity index (χ3n) is 3.22. The van der Waals surface area contributed by atoms with E-state index in [-0.39, 0.29) is 18.5 Å². The van der Waals surface area contributed by atoms with Gasteiger partial charge >= 0.3 is 5.97 Å². The third-order valence-corrected chi connectivity index (χ3v) is 3.22. The summed E-state index contributed by atoms with van der Waals surface area (Å²) in [7, 11) is 0. The van der Waals surface area contributed by atoms with Crippen LogP contribution in [0.5, 0.6) is 0 Å². The zero-order valence-electron chi connectivity index (χ0n) is 9.63. The van der Waals surface area contributed by atoms with Crippen LogP contribution in [-0.2, 0) is 9.59 Å². The van der Waals surface area contributed by atoms with Gasteiger partial charge in [-0.25, -0.2) is 0 Å². The van der Waals surface area contributed by atoms with E-state index in [1.54, 1.807) is 23.3 Å². The highest BCUT2D eigenvalue weighted by Gasteiger charge is 2.33. The Kier molecular flexibility index (Phi) is 3.17. The average molecular weight is 237 g/mol. The topological polar surface area (TPSA) is 70.8 Å². The number of piperidine rings is 1. The molecule has 2 unspecified atom stereocenters. The number of rotatable bonds is 3. The first-order valence-electron chi connectivity index (χ1n) is 5.65. The number of carboxylic acids is 1. The molecule has 92 valence electrons. The van der Waals surface area contributed by atoms with E-state index >= 15 is 0 Å². The Bertz CT molecular complexity index is 412. The summed E-state index contributed by atoms with van der Waals surface area (Å²) in [6, 6.07) is 3.34. The zero-order chi connectivity index (χ0) is 12.4. The first kappa shape index (κ1) is 11.7. The van der Waals surface area contributed by atoms with Gasteiger partial charge in [0.1, 0.15) is 5.76 Å². The molecule has 0 bridgehead atoms. The lowest BCUT2D eigenvalue weighted by atomic mass is 9.96. The number of aliphatic carboxylic acids is 1. The predicted octanol–water partition coefficient (Wildman–Crippen LogP) is 1.66. The second-order valence-electron chi connectivity index (χ2n) is 4.31. The van der Waals surface area contributed by atoms with Gasteiger partial charge in [-0.1, -0.05) is 0 Å². The molecule has 1 aliphatic heterocycles. The molecule has 17 heavy (non-hydrogen) atoms. The first-order valence-corrected chi connectivity index (χ1v) is 5.65. The van der Waals surface area contributed by atoms with Crippen LogP contribution in [0.3, 0.4) is 0 Å². The minimum absolute atomic E-state index is 0.00796.